The summed E-state index contributed by atoms with van der Waals surface area (Å²) < 4.78 is 30.2. The Morgan fingerprint density at radius 3 is 2.81 bits per heavy atom. The van der Waals surface area contributed by atoms with Crippen LogP contribution in [-0.4, -0.2) is 38.4 Å². The van der Waals surface area contributed by atoms with Gasteiger partial charge in [0.2, 0.25) is 0 Å². The Morgan fingerprint density at radius 2 is 2.10 bits per heavy atom. The third-order valence-electron chi connectivity index (χ3n) is 6.45. The monoisotopic (exact) mass is 425 g/mol. The molecule has 2 aliphatic rings. The number of halogens is 2. The Balaban J connectivity index is 1.37. The summed E-state index contributed by atoms with van der Waals surface area (Å²) in [5, 5.41) is 23.1. The second kappa shape index (κ2) is 7.42. The van der Waals surface area contributed by atoms with E-state index in [4.69, 9.17) is 5.26 Å². The van der Waals surface area contributed by atoms with Crippen LogP contribution in [0.15, 0.2) is 30.6 Å². The molecule has 0 bridgehead atoms. The average Bonchev–Trinajstić information content (AvgIpc) is 3.36. The summed E-state index contributed by atoms with van der Waals surface area (Å²) in [7, 11) is 0. The van der Waals surface area contributed by atoms with Crippen molar-refractivity contribution in [2.75, 3.05) is 18.4 Å². The summed E-state index contributed by atoms with van der Waals surface area (Å²) in [6.45, 7) is 1.98. The first-order valence-electron chi connectivity index (χ1n) is 10.3. The predicted molar refractivity (Wildman–Crippen MR) is 108 cm³/mol. The van der Waals surface area contributed by atoms with E-state index in [2.05, 4.69) is 20.8 Å². The molecule has 3 aromatic heterocycles. The van der Waals surface area contributed by atoms with Crippen molar-refractivity contribution in [3.8, 4) is 6.07 Å². The molecule has 0 atom stereocenters. The van der Waals surface area contributed by atoms with Crippen molar-refractivity contribution in [3.05, 3.63) is 47.5 Å². The zero-order valence-electron chi connectivity index (χ0n) is 16.7. The van der Waals surface area contributed by atoms with Gasteiger partial charge in [0.25, 0.3) is 12.3 Å². The van der Waals surface area contributed by atoms with Gasteiger partial charge in [-0.05, 0) is 62.4 Å². The van der Waals surface area contributed by atoms with Crippen molar-refractivity contribution < 1.29 is 13.6 Å². The lowest BCUT2D eigenvalue weighted by molar-refractivity contribution is 0.0221. The Kier molecular flexibility index (Phi) is 4.70. The highest BCUT2D eigenvalue weighted by Crippen LogP contribution is 2.54. The number of fused-ring (bicyclic) bond motifs is 1. The van der Waals surface area contributed by atoms with Crippen LogP contribution in [-0.2, 0) is 0 Å². The number of carbonyl (C=O) groups is 1. The number of nitriles is 1. The van der Waals surface area contributed by atoms with Crippen molar-refractivity contribution in [2.45, 2.75) is 38.2 Å². The molecule has 1 saturated carbocycles. The smallest absolute Gasteiger partial charge is 0.284 e. The number of amides is 1. The van der Waals surface area contributed by atoms with Crippen LogP contribution >= 0.6 is 0 Å². The minimum absolute atomic E-state index is 0.00913. The molecule has 5 rings (SSSR count). The van der Waals surface area contributed by atoms with Gasteiger partial charge in [-0.3, -0.25) is 9.48 Å². The quantitative estimate of drug-likeness (QED) is 0.668. The van der Waals surface area contributed by atoms with E-state index >= 15 is 0 Å². The second-order valence-electron chi connectivity index (χ2n) is 8.39. The molecule has 160 valence electrons. The summed E-state index contributed by atoms with van der Waals surface area (Å²) in [6, 6.07) is 6.84. The fourth-order valence-corrected chi connectivity index (χ4v) is 4.76. The Bertz CT molecular complexity index is 1180. The number of alkyl halides is 2. The molecule has 0 aromatic carbocycles. The zero-order chi connectivity index (χ0) is 21.6. The number of aromatic nitrogens is 4. The molecule has 2 fully saturated rings. The zero-order valence-corrected chi connectivity index (χ0v) is 16.7. The molecule has 31 heavy (non-hydrogen) atoms. The highest BCUT2D eigenvalue weighted by atomic mass is 19.3. The summed E-state index contributed by atoms with van der Waals surface area (Å²) in [6.07, 6.45) is 4.08. The van der Waals surface area contributed by atoms with Crippen molar-refractivity contribution in [1.29, 1.82) is 5.26 Å². The standard InChI is InChI=1S/C21H21F2N7O/c22-19(23)18-16(12-29(28-18)15-8-21(9-15)3-5-25-6-4-21)27-20(31)17-2-1-14-7-13(10-24)11-26-30(14)17/h1-2,7,11-12,15,19,25H,3-6,8-9H2,(H,27,31). The van der Waals surface area contributed by atoms with Gasteiger partial charge < -0.3 is 10.6 Å². The lowest BCUT2D eigenvalue weighted by atomic mass is 9.60. The first-order chi connectivity index (χ1) is 15.0. The van der Waals surface area contributed by atoms with E-state index in [1.54, 1.807) is 16.8 Å². The van der Waals surface area contributed by atoms with Crippen LogP contribution < -0.4 is 10.6 Å². The fraction of sp³-hybridized carbons (Fsp3) is 0.429. The number of piperidine rings is 1. The summed E-state index contributed by atoms with van der Waals surface area (Å²) in [5.74, 6) is -0.568. The highest BCUT2D eigenvalue weighted by Gasteiger charge is 2.46. The lowest BCUT2D eigenvalue weighted by Crippen LogP contribution is -2.46. The largest absolute Gasteiger partial charge is 0.318 e. The SMILES string of the molecule is N#Cc1cnn2c(C(=O)Nc3cn(C4CC5(CCNCC5)C4)nc3C(F)F)ccc2c1. The first-order valence-corrected chi connectivity index (χ1v) is 10.3. The number of nitrogens with zero attached hydrogens (tertiary/aromatic N) is 5. The van der Waals surface area contributed by atoms with Gasteiger partial charge in [-0.2, -0.15) is 15.5 Å². The number of hydrogen-bond donors (Lipinski definition) is 2. The number of anilines is 1. The lowest BCUT2D eigenvalue weighted by Gasteiger charge is -2.50. The molecule has 2 N–H and O–H groups in total. The number of carbonyl (C=O) groups excluding carboxylic acids is 1. The Hall–Kier alpha value is -3.32. The summed E-state index contributed by atoms with van der Waals surface area (Å²) in [5.41, 5.74) is 0.982. The molecular weight excluding hydrogens is 404 g/mol. The first kappa shape index (κ1) is 19.6. The molecule has 1 saturated heterocycles. The van der Waals surface area contributed by atoms with E-state index in [0.29, 0.717) is 11.1 Å². The molecule has 3 aromatic rings. The minimum Gasteiger partial charge on any atom is -0.318 e. The third-order valence-corrected chi connectivity index (χ3v) is 6.45. The van der Waals surface area contributed by atoms with Gasteiger partial charge in [0.1, 0.15) is 11.8 Å². The molecule has 1 aliphatic carbocycles. The molecule has 4 heterocycles. The van der Waals surface area contributed by atoms with Crippen molar-refractivity contribution >= 4 is 17.1 Å². The second-order valence-corrected chi connectivity index (χ2v) is 8.39. The van der Waals surface area contributed by atoms with E-state index in [1.165, 1.54) is 23.0 Å². The van der Waals surface area contributed by atoms with Crippen LogP contribution in [0.25, 0.3) is 5.52 Å². The molecule has 8 nitrogen and oxygen atoms in total. The van der Waals surface area contributed by atoms with Gasteiger partial charge in [-0.15, -0.1) is 0 Å². The molecule has 1 amide bonds. The normalized spacial score (nSPS) is 18.3. The van der Waals surface area contributed by atoms with Crippen molar-refractivity contribution in [1.82, 2.24) is 24.7 Å². The van der Waals surface area contributed by atoms with Gasteiger partial charge >= 0.3 is 0 Å². The summed E-state index contributed by atoms with van der Waals surface area (Å²) >= 11 is 0. The summed E-state index contributed by atoms with van der Waals surface area (Å²) in [4.78, 5) is 12.8. The van der Waals surface area contributed by atoms with Gasteiger partial charge in [-0.25, -0.2) is 13.3 Å². The third kappa shape index (κ3) is 3.45. The maximum Gasteiger partial charge on any atom is 0.284 e. The number of hydrogen-bond acceptors (Lipinski definition) is 5. The molecule has 0 unspecified atom stereocenters. The molecule has 0 radical (unpaired) electrons. The van der Waals surface area contributed by atoms with E-state index in [0.717, 1.165) is 38.8 Å². The molecule has 10 heteroatoms. The van der Waals surface area contributed by atoms with E-state index < -0.39 is 18.0 Å². The highest BCUT2D eigenvalue weighted by molar-refractivity contribution is 6.04. The van der Waals surface area contributed by atoms with Crippen molar-refractivity contribution in [2.24, 2.45) is 5.41 Å². The Labute approximate surface area is 176 Å². The number of rotatable bonds is 4. The van der Waals surface area contributed by atoms with Crippen LogP contribution in [0.5, 0.6) is 0 Å². The van der Waals surface area contributed by atoms with E-state index in [-0.39, 0.29) is 22.8 Å². The minimum atomic E-state index is -2.80. The van der Waals surface area contributed by atoms with Crippen LogP contribution in [0, 0.1) is 16.7 Å². The van der Waals surface area contributed by atoms with Crippen LogP contribution in [0.2, 0.25) is 0 Å². The van der Waals surface area contributed by atoms with E-state index in [9.17, 15) is 13.6 Å². The predicted octanol–water partition coefficient (Wildman–Crippen LogP) is 3.30. The van der Waals surface area contributed by atoms with E-state index in [1.807, 2.05) is 6.07 Å². The maximum absolute atomic E-state index is 13.6. The molecular formula is C21H21F2N7O. The van der Waals surface area contributed by atoms with Gasteiger partial charge in [-0.1, -0.05) is 0 Å². The topological polar surface area (TPSA) is 100 Å². The Morgan fingerprint density at radius 1 is 1.32 bits per heavy atom. The fourth-order valence-electron chi connectivity index (χ4n) is 4.76. The molecule has 1 aliphatic heterocycles. The average molecular weight is 425 g/mol. The maximum atomic E-state index is 13.6. The van der Waals surface area contributed by atoms with Crippen LogP contribution in [0.3, 0.4) is 0 Å². The molecule has 1 spiro atoms. The van der Waals surface area contributed by atoms with Crippen molar-refractivity contribution in [3.63, 3.8) is 0 Å². The van der Waals surface area contributed by atoms with Gasteiger partial charge in [0, 0.05) is 6.20 Å². The number of nitrogens with one attached hydrogen (secondary N) is 2. The van der Waals surface area contributed by atoms with Gasteiger partial charge in [0.15, 0.2) is 5.69 Å². The van der Waals surface area contributed by atoms with Gasteiger partial charge in [0.05, 0.1) is 29.0 Å². The van der Waals surface area contributed by atoms with Crippen LogP contribution in [0.4, 0.5) is 14.5 Å². The van der Waals surface area contributed by atoms with Crippen LogP contribution in [0.1, 0.15) is 59.9 Å².